The molecule has 0 aromatic carbocycles. The summed E-state index contributed by atoms with van der Waals surface area (Å²) >= 11 is 0. The molecule has 0 saturated carbocycles. The molecule has 1 radical (unpaired) electrons. The molecule has 2 heteroatoms. The highest BCUT2D eigenvalue weighted by molar-refractivity contribution is 4.47. The van der Waals surface area contributed by atoms with Crippen molar-refractivity contribution in [3.8, 4) is 0 Å². The van der Waals surface area contributed by atoms with Crippen molar-refractivity contribution in [3.05, 3.63) is 7.05 Å². The van der Waals surface area contributed by atoms with Crippen LogP contribution in [0.3, 0.4) is 0 Å². The first-order valence-electron chi connectivity index (χ1n) is 1.95. The predicted octanol–water partition coefficient (Wildman–Crippen LogP) is -0.252. The maximum absolute atomic E-state index is 8.45. The molecule has 0 rings (SSSR count). The fourth-order valence-corrected chi connectivity index (χ4v) is 0.209. The molecule has 0 amide bonds. The van der Waals surface area contributed by atoms with Gasteiger partial charge in [0.05, 0.1) is 6.10 Å². The smallest absolute Gasteiger partial charge is 0.0636 e. The Morgan fingerprint density at radius 3 is 2.50 bits per heavy atom. The van der Waals surface area contributed by atoms with Gasteiger partial charge in [-0.3, -0.25) is 0 Å². The number of nitrogens with one attached hydrogen (secondary N) is 1. The number of rotatable bonds is 2. The number of hydrogen-bond acceptors (Lipinski definition) is 2. The number of hydrogen-bond donors (Lipinski definition) is 2. The van der Waals surface area contributed by atoms with E-state index >= 15 is 0 Å². The molecule has 1 atom stereocenters. The second-order valence-corrected chi connectivity index (χ2v) is 1.30. The summed E-state index contributed by atoms with van der Waals surface area (Å²) in [6.45, 7) is 2.28. The summed E-state index contributed by atoms with van der Waals surface area (Å²) in [5.74, 6) is 0. The van der Waals surface area contributed by atoms with Gasteiger partial charge in [0.1, 0.15) is 0 Å². The van der Waals surface area contributed by atoms with Crippen LogP contribution in [0.4, 0.5) is 0 Å². The maximum Gasteiger partial charge on any atom is 0.0636 e. The van der Waals surface area contributed by atoms with E-state index in [1.807, 2.05) is 0 Å². The molecule has 0 aromatic rings. The van der Waals surface area contributed by atoms with Crippen LogP contribution in [0.25, 0.3) is 0 Å². The van der Waals surface area contributed by atoms with E-state index < -0.39 is 0 Å². The van der Waals surface area contributed by atoms with Crippen LogP contribution in [0.15, 0.2) is 0 Å². The molecule has 0 aliphatic rings. The Bertz CT molecular complexity index is 28.7. The summed E-state index contributed by atoms with van der Waals surface area (Å²) in [6.07, 6.45) is -0.275. The fourth-order valence-electron chi connectivity index (χ4n) is 0.209. The zero-order valence-electron chi connectivity index (χ0n) is 3.94. The average molecular weight is 88.1 g/mol. The van der Waals surface area contributed by atoms with Crippen LogP contribution in [-0.2, 0) is 0 Å². The van der Waals surface area contributed by atoms with Crippen molar-refractivity contribution in [1.82, 2.24) is 5.32 Å². The van der Waals surface area contributed by atoms with E-state index in [1.165, 1.54) is 0 Å². The van der Waals surface area contributed by atoms with Gasteiger partial charge in [-0.25, -0.2) is 0 Å². The van der Waals surface area contributed by atoms with Gasteiger partial charge in [0.2, 0.25) is 0 Å². The molecular formula is C4H10NO. The summed E-state index contributed by atoms with van der Waals surface area (Å²) in [6, 6.07) is 0. The molecule has 0 aliphatic heterocycles. The van der Waals surface area contributed by atoms with Crippen LogP contribution in [-0.4, -0.2) is 17.8 Å². The molecule has 0 aliphatic carbocycles. The molecule has 0 aromatic heterocycles. The minimum absolute atomic E-state index is 0.275. The van der Waals surface area contributed by atoms with Crippen molar-refractivity contribution in [2.24, 2.45) is 0 Å². The predicted molar refractivity (Wildman–Crippen MR) is 25.0 cm³/mol. The van der Waals surface area contributed by atoms with Gasteiger partial charge in [-0.1, -0.05) is 0 Å². The van der Waals surface area contributed by atoms with Crippen molar-refractivity contribution < 1.29 is 5.11 Å². The highest BCUT2D eigenvalue weighted by Crippen LogP contribution is 1.70. The SMILES string of the molecule is [CH2]NC[C@H](C)O. The van der Waals surface area contributed by atoms with Gasteiger partial charge in [0.25, 0.3) is 0 Å². The summed E-state index contributed by atoms with van der Waals surface area (Å²) in [5, 5.41) is 11.0. The third-order valence-corrected chi connectivity index (χ3v) is 0.440. The standard InChI is InChI=1S/C4H10NO/c1-4(6)3-5-2/h4-6H,2-3H2,1H3/t4-/m0/s1. The largest absolute Gasteiger partial charge is 0.392 e. The summed E-state index contributed by atoms with van der Waals surface area (Å²) in [5.41, 5.74) is 0. The lowest BCUT2D eigenvalue weighted by Crippen LogP contribution is -2.17. The second-order valence-electron chi connectivity index (χ2n) is 1.30. The number of aliphatic hydroxyl groups excluding tert-OH is 1. The Balaban J connectivity index is 2.63. The van der Waals surface area contributed by atoms with Gasteiger partial charge in [0.15, 0.2) is 0 Å². The van der Waals surface area contributed by atoms with Gasteiger partial charge in [0, 0.05) is 13.6 Å². The Kier molecular flexibility index (Phi) is 3.08. The monoisotopic (exact) mass is 88.1 g/mol. The first-order valence-corrected chi connectivity index (χ1v) is 1.95. The zero-order valence-corrected chi connectivity index (χ0v) is 3.94. The van der Waals surface area contributed by atoms with Gasteiger partial charge in [-0.05, 0) is 6.92 Å². The van der Waals surface area contributed by atoms with Crippen molar-refractivity contribution in [2.75, 3.05) is 6.54 Å². The van der Waals surface area contributed by atoms with E-state index in [4.69, 9.17) is 5.11 Å². The summed E-state index contributed by atoms with van der Waals surface area (Å²) in [4.78, 5) is 0. The molecule has 0 heterocycles. The summed E-state index contributed by atoms with van der Waals surface area (Å²) < 4.78 is 0. The molecular weight excluding hydrogens is 78.0 g/mol. The lowest BCUT2D eigenvalue weighted by atomic mass is 10.4. The highest BCUT2D eigenvalue weighted by Gasteiger charge is 1.86. The molecule has 0 spiro atoms. The van der Waals surface area contributed by atoms with Gasteiger partial charge >= 0.3 is 0 Å². The Labute approximate surface area is 38.2 Å². The molecule has 6 heavy (non-hydrogen) atoms. The van der Waals surface area contributed by atoms with Crippen molar-refractivity contribution in [1.29, 1.82) is 0 Å². The van der Waals surface area contributed by atoms with Crippen molar-refractivity contribution in [2.45, 2.75) is 13.0 Å². The van der Waals surface area contributed by atoms with E-state index in [9.17, 15) is 0 Å². The molecule has 0 saturated heterocycles. The molecule has 2 nitrogen and oxygen atoms in total. The van der Waals surface area contributed by atoms with Crippen LogP contribution in [0.2, 0.25) is 0 Å². The minimum Gasteiger partial charge on any atom is -0.392 e. The topological polar surface area (TPSA) is 32.3 Å². The van der Waals surface area contributed by atoms with E-state index in [2.05, 4.69) is 12.4 Å². The van der Waals surface area contributed by atoms with Crippen LogP contribution in [0.5, 0.6) is 0 Å². The quantitative estimate of drug-likeness (QED) is 0.488. The molecule has 0 fully saturated rings. The van der Waals surface area contributed by atoms with Crippen LogP contribution >= 0.6 is 0 Å². The first-order chi connectivity index (χ1) is 2.77. The third-order valence-electron chi connectivity index (χ3n) is 0.440. The highest BCUT2D eigenvalue weighted by atomic mass is 16.3. The molecule has 2 N–H and O–H groups in total. The minimum atomic E-state index is -0.275. The Morgan fingerprint density at radius 1 is 2.00 bits per heavy atom. The summed E-state index contributed by atoms with van der Waals surface area (Å²) in [7, 11) is 3.32. The van der Waals surface area contributed by atoms with Crippen LogP contribution in [0.1, 0.15) is 6.92 Å². The second kappa shape index (κ2) is 3.12. The first kappa shape index (κ1) is 5.92. The lowest BCUT2D eigenvalue weighted by Gasteiger charge is -1.97. The lowest BCUT2D eigenvalue weighted by molar-refractivity contribution is 0.196. The van der Waals surface area contributed by atoms with E-state index in [0.29, 0.717) is 6.54 Å². The van der Waals surface area contributed by atoms with Gasteiger partial charge in [-0.2, -0.15) is 0 Å². The van der Waals surface area contributed by atoms with E-state index in [0.717, 1.165) is 0 Å². The average Bonchev–Trinajstić information content (AvgIpc) is 1.35. The Hall–Kier alpha value is -0.0800. The number of aliphatic hydroxyl groups is 1. The molecule has 0 unspecified atom stereocenters. The van der Waals surface area contributed by atoms with Gasteiger partial charge < -0.3 is 10.4 Å². The normalized spacial score (nSPS) is 14.5. The van der Waals surface area contributed by atoms with Crippen molar-refractivity contribution in [3.63, 3.8) is 0 Å². The molecule has 37 valence electrons. The fraction of sp³-hybridized carbons (Fsp3) is 0.750. The van der Waals surface area contributed by atoms with E-state index in [1.54, 1.807) is 6.92 Å². The van der Waals surface area contributed by atoms with Gasteiger partial charge in [-0.15, -0.1) is 0 Å². The molecule has 0 bridgehead atoms. The Morgan fingerprint density at radius 2 is 2.50 bits per heavy atom. The maximum atomic E-state index is 8.45. The van der Waals surface area contributed by atoms with Crippen LogP contribution < -0.4 is 5.32 Å². The third kappa shape index (κ3) is 3.92. The van der Waals surface area contributed by atoms with Crippen LogP contribution in [0, 0.1) is 7.05 Å². The zero-order chi connectivity index (χ0) is 4.99. The van der Waals surface area contributed by atoms with Crippen molar-refractivity contribution >= 4 is 0 Å². The van der Waals surface area contributed by atoms with E-state index in [-0.39, 0.29) is 6.10 Å².